The van der Waals surface area contributed by atoms with Gasteiger partial charge in [0.15, 0.2) is 11.6 Å². The fourth-order valence-electron chi connectivity index (χ4n) is 2.19. The highest BCUT2D eigenvalue weighted by Gasteiger charge is 2.29. The normalized spacial score (nSPS) is 16.1. The molecule has 1 aromatic heterocycles. The van der Waals surface area contributed by atoms with Gasteiger partial charge in [0.25, 0.3) is 0 Å². The number of nitrogens with zero attached hydrogens (tertiary/aromatic N) is 2. The first-order chi connectivity index (χ1) is 9.60. The highest BCUT2D eigenvalue weighted by molar-refractivity contribution is 5.24. The van der Waals surface area contributed by atoms with Gasteiger partial charge in [-0.2, -0.15) is 0 Å². The summed E-state index contributed by atoms with van der Waals surface area (Å²) in [6.07, 6.45) is -0.00661. The standard InChI is InChI=1S/C14H14F2N2O2/c1-9-4-10(17-20-9)6-18-7-12(8-18)19-11-2-3-13(15)14(16)5-11/h2-5,12H,6-8H2,1H3. The fourth-order valence-corrected chi connectivity index (χ4v) is 2.19. The van der Waals surface area contributed by atoms with Crippen molar-refractivity contribution in [2.45, 2.75) is 19.6 Å². The Balaban J connectivity index is 1.49. The average molecular weight is 280 g/mol. The SMILES string of the molecule is Cc1cc(CN2CC(Oc3ccc(F)c(F)c3)C2)no1. The number of hydrogen-bond acceptors (Lipinski definition) is 4. The van der Waals surface area contributed by atoms with Crippen molar-refractivity contribution in [3.05, 3.63) is 47.4 Å². The topological polar surface area (TPSA) is 38.5 Å². The average Bonchev–Trinajstić information content (AvgIpc) is 2.77. The Morgan fingerprint density at radius 1 is 1.30 bits per heavy atom. The molecule has 0 unspecified atom stereocenters. The molecule has 0 atom stereocenters. The first-order valence-corrected chi connectivity index (χ1v) is 6.36. The van der Waals surface area contributed by atoms with Crippen LogP contribution in [0.3, 0.4) is 0 Å². The maximum Gasteiger partial charge on any atom is 0.162 e. The van der Waals surface area contributed by atoms with E-state index in [2.05, 4.69) is 10.1 Å². The van der Waals surface area contributed by atoms with Gasteiger partial charge in [-0.15, -0.1) is 0 Å². The molecule has 106 valence electrons. The number of aromatic nitrogens is 1. The third-order valence-electron chi connectivity index (χ3n) is 3.18. The van der Waals surface area contributed by atoms with Crippen LogP contribution in [0, 0.1) is 18.6 Å². The minimum absolute atomic E-state index is 0.00661. The second kappa shape index (κ2) is 5.20. The van der Waals surface area contributed by atoms with E-state index in [-0.39, 0.29) is 6.10 Å². The summed E-state index contributed by atoms with van der Waals surface area (Å²) in [5.41, 5.74) is 0.883. The van der Waals surface area contributed by atoms with Crippen molar-refractivity contribution >= 4 is 0 Å². The van der Waals surface area contributed by atoms with Crippen molar-refractivity contribution in [1.29, 1.82) is 0 Å². The van der Waals surface area contributed by atoms with Crippen LogP contribution in [0.25, 0.3) is 0 Å². The van der Waals surface area contributed by atoms with Crippen molar-refractivity contribution in [2.75, 3.05) is 13.1 Å². The number of ether oxygens (including phenoxy) is 1. The maximum atomic E-state index is 13.0. The van der Waals surface area contributed by atoms with E-state index < -0.39 is 11.6 Å². The summed E-state index contributed by atoms with van der Waals surface area (Å²) in [5, 5.41) is 3.92. The van der Waals surface area contributed by atoms with Crippen molar-refractivity contribution in [3.8, 4) is 5.75 Å². The van der Waals surface area contributed by atoms with Crippen LogP contribution in [0.5, 0.6) is 5.75 Å². The first kappa shape index (κ1) is 13.1. The van der Waals surface area contributed by atoms with E-state index in [1.54, 1.807) is 0 Å². The largest absolute Gasteiger partial charge is 0.488 e. The molecule has 0 amide bonds. The van der Waals surface area contributed by atoms with Crippen molar-refractivity contribution in [2.24, 2.45) is 0 Å². The molecule has 0 N–H and O–H groups in total. The van der Waals surface area contributed by atoms with Gasteiger partial charge in [0.2, 0.25) is 0 Å². The Hall–Kier alpha value is -1.95. The molecule has 1 saturated heterocycles. The molecular weight excluding hydrogens is 266 g/mol. The second-order valence-electron chi connectivity index (χ2n) is 4.94. The van der Waals surface area contributed by atoms with Crippen LogP contribution in [0.4, 0.5) is 8.78 Å². The van der Waals surface area contributed by atoms with Gasteiger partial charge in [0, 0.05) is 31.8 Å². The molecule has 2 heterocycles. The summed E-state index contributed by atoms with van der Waals surface area (Å²) in [5.74, 6) is -0.619. The Labute approximate surface area is 114 Å². The highest BCUT2D eigenvalue weighted by atomic mass is 19.2. The predicted molar refractivity (Wildman–Crippen MR) is 67.3 cm³/mol. The first-order valence-electron chi connectivity index (χ1n) is 6.36. The van der Waals surface area contributed by atoms with Crippen LogP contribution in [0.1, 0.15) is 11.5 Å². The van der Waals surface area contributed by atoms with Gasteiger partial charge in [0.1, 0.15) is 17.6 Å². The third kappa shape index (κ3) is 2.80. The number of rotatable bonds is 4. The summed E-state index contributed by atoms with van der Waals surface area (Å²) in [4.78, 5) is 2.14. The lowest BCUT2D eigenvalue weighted by atomic mass is 10.1. The molecule has 0 radical (unpaired) electrons. The third-order valence-corrected chi connectivity index (χ3v) is 3.18. The Morgan fingerprint density at radius 3 is 2.75 bits per heavy atom. The van der Waals surface area contributed by atoms with Gasteiger partial charge < -0.3 is 9.26 Å². The van der Waals surface area contributed by atoms with Crippen molar-refractivity contribution < 1.29 is 18.0 Å². The van der Waals surface area contributed by atoms with Gasteiger partial charge in [-0.1, -0.05) is 5.16 Å². The minimum Gasteiger partial charge on any atom is -0.488 e. The summed E-state index contributed by atoms with van der Waals surface area (Å²) in [6.45, 7) is 4.01. The molecular formula is C14H14F2N2O2. The van der Waals surface area contributed by atoms with Crippen molar-refractivity contribution in [3.63, 3.8) is 0 Å². The number of halogens is 2. The zero-order valence-electron chi connectivity index (χ0n) is 11.0. The highest BCUT2D eigenvalue weighted by Crippen LogP contribution is 2.21. The molecule has 3 rings (SSSR count). The number of aryl methyl sites for hydroxylation is 1. The molecule has 6 heteroatoms. The van der Waals surface area contributed by atoms with Crippen LogP contribution in [-0.4, -0.2) is 29.3 Å². The zero-order valence-corrected chi connectivity index (χ0v) is 11.0. The molecule has 1 aliphatic heterocycles. The van der Waals surface area contributed by atoms with E-state index >= 15 is 0 Å². The zero-order chi connectivity index (χ0) is 14.1. The van der Waals surface area contributed by atoms with Crippen LogP contribution in [0.2, 0.25) is 0 Å². The lowest BCUT2D eigenvalue weighted by molar-refractivity contribution is 0.0130. The molecule has 1 aliphatic rings. The quantitative estimate of drug-likeness (QED) is 0.862. The lowest BCUT2D eigenvalue weighted by Crippen LogP contribution is -2.53. The number of hydrogen-bond donors (Lipinski definition) is 0. The smallest absolute Gasteiger partial charge is 0.162 e. The predicted octanol–water partition coefficient (Wildman–Crippen LogP) is 2.52. The Kier molecular flexibility index (Phi) is 3.40. The van der Waals surface area contributed by atoms with Crippen LogP contribution in [0.15, 0.2) is 28.8 Å². The lowest BCUT2D eigenvalue weighted by Gasteiger charge is -2.38. The maximum absolute atomic E-state index is 13.0. The van der Waals surface area contributed by atoms with Gasteiger partial charge in [-0.25, -0.2) is 8.78 Å². The van der Waals surface area contributed by atoms with Crippen molar-refractivity contribution in [1.82, 2.24) is 10.1 Å². The molecule has 2 aromatic rings. The molecule has 0 saturated carbocycles. The molecule has 4 nitrogen and oxygen atoms in total. The monoisotopic (exact) mass is 280 g/mol. The summed E-state index contributed by atoms with van der Waals surface area (Å²) in [6, 6.07) is 5.46. The molecule has 0 aliphatic carbocycles. The second-order valence-corrected chi connectivity index (χ2v) is 4.94. The summed E-state index contributed by atoms with van der Waals surface area (Å²) in [7, 11) is 0. The Bertz CT molecular complexity index is 609. The van der Waals surface area contributed by atoms with E-state index in [0.29, 0.717) is 12.3 Å². The molecule has 20 heavy (non-hydrogen) atoms. The van der Waals surface area contributed by atoms with Gasteiger partial charge in [0.05, 0.1) is 5.69 Å². The van der Waals surface area contributed by atoms with E-state index in [4.69, 9.17) is 9.26 Å². The van der Waals surface area contributed by atoms with E-state index in [0.717, 1.165) is 36.7 Å². The summed E-state index contributed by atoms with van der Waals surface area (Å²) < 4.78 is 36.4. The van der Waals surface area contributed by atoms with Gasteiger partial charge in [-0.3, -0.25) is 4.90 Å². The van der Waals surface area contributed by atoms with Gasteiger partial charge in [-0.05, 0) is 19.1 Å². The van der Waals surface area contributed by atoms with E-state index in [1.165, 1.54) is 6.07 Å². The van der Waals surface area contributed by atoms with Crippen LogP contribution < -0.4 is 4.74 Å². The molecule has 1 fully saturated rings. The van der Waals surface area contributed by atoms with Gasteiger partial charge >= 0.3 is 0 Å². The minimum atomic E-state index is -0.892. The molecule has 1 aromatic carbocycles. The molecule has 0 bridgehead atoms. The summed E-state index contributed by atoms with van der Waals surface area (Å²) >= 11 is 0. The van der Waals surface area contributed by atoms with Crippen LogP contribution >= 0.6 is 0 Å². The van der Waals surface area contributed by atoms with Crippen LogP contribution in [-0.2, 0) is 6.54 Å². The van der Waals surface area contributed by atoms with E-state index in [1.807, 2.05) is 13.0 Å². The number of benzene rings is 1. The fraction of sp³-hybridized carbons (Fsp3) is 0.357. The van der Waals surface area contributed by atoms with E-state index in [9.17, 15) is 8.78 Å². The number of likely N-dealkylation sites (tertiary alicyclic amines) is 1. The molecule has 0 spiro atoms. The Morgan fingerprint density at radius 2 is 2.10 bits per heavy atom.